The van der Waals surface area contributed by atoms with Gasteiger partial charge in [0.25, 0.3) is 0 Å². The Morgan fingerprint density at radius 1 is 0.825 bits per heavy atom. The SMILES string of the molecule is Cc1ccc(S(=O)(=O)/C(=C/C(C)(C)C)c2c(C(O)(c3ccccc3)c3ccccc3)[nH]c3ccc(Cl)cc23)cc1. The van der Waals surface area contributed by atoms with Gasteiger partial charge in [-0.3, -0.25) is 0 Å². The number of halogens is 1. The zero-order chi connectivity index (χ0) is 28.7. The average molecular weight is 570 g/mol. The number of benzene rings is 4. The van der Waals surface area contributed by atoms with Crippen LogP contribution in [0.15, 0.2) is 114 Å². The normalized spacial score (nSPS) is 13.1. The van der Waals surface area contributed by atoms with E-state index in [2.05, 4.69) is 4.98 Å². The van der Waals surface area contributed by atoms with Crippen molar-refractivity contribution in [1.29, 1.82) is 0 Å². The van der Waals surface area contributed by atoms with Gasteiger partial charge in [0, 0.05) is 21.5 Å². The summed E-state index contributed by atoms with van der Waals surface area (Å²) in [4.78, 5) is 3.70. The Balaban J connectivity index is 1.95. The first kappa shape index (κ1) is 27.9. The minimum atomic E-state index is -4.04. The van der Waals surface area contributed by atoms with E-state index >= 15 is 0 Å². The first-order valence-corrected chi connectivity index (χ1v) is 15.0. The molecule has 2 N–H and O–H groups in total. The molecule has 204 valence electrons. The highest BCUT2D eigenvalue weighted by molar-refractivity contribution is 8.00. The minimum absolute atomic E-state index is 0.109. The zero-order valence-electron chi connectivity index (χ0n) is 22.9. The van der Waals surface area contributed by atoms with Crippen molar-refractivity contribution in [3.63, 3.8) is 0 Å². The largest absolute Gasteiger partial charge is 0.375 e. The molecule has 5 aromatic rings. The standard InChI is InChI=1S/C34H32ClNO3S/c1-23-15-18-27(19-16-23)40(38,39)30(22-33(2,3)4)31-28-21-26(35)17-20-29(28)36-32(31)34(37,24-11-7-5-8-12-24)25-13-9-6-10-14-25/h5-22,36-37H,1-4H3/b30-22+. The molecule has 0 spiro atoms. The first-order valence-electron chi connectivity index (χ1n) is 13.1. The number of aromatic nitrogens is 1. The van der Waals surface area contributed by atoms with Crippen LogP contribution in [-0.4, -0.2) is 18.5 Å². The number of aryl methyl sites for hydroxylation is 1. The van der Waals surface area contributed by atoms with Crippen molar-refractivity contribution in [2.24, 2.45) is 5.41 Å². The molecular weight excluding hydrogens is 538 g/mol. The van der Waals surface area contributed by atoms with Gasteiger partial charge < -0.3 is 10.1 Å². The van der Waals surface area contributed by atoms with E-state index in [0.717, 1.165) is 5.56 Å². The molecule has 0 saturated heterocycles. The van der Waals surface area contributed by atoms with E-state index in [9.17, 15) is 13.5 Å². The Bertz CT molecular complexity index is 1760. The second-order valence-corrected chi connectivity index (χ2v) is 13.6. The maximum atomic E-state index is 14.5. The van der Waals surface area contributed by atoms with Gasteiger partial charge in [0.15, 0.2) is 5.60 Å². The van der Waals surface area contributed by atoms with E-state index < -0.39 is 20.9 Å². The Hall–Kier alpha value is -3.64. The van der Waals surface area contributed by atoms with Gasteiger partial charge in [-0.1, -0.05) is 117 Å². The van der Waals surface area contributed by atoms with E-state index in [1.54, 1.807) is 42.5 Å². The lowest BCUT2D eigenvalue weighted by Gasteiger charge is -2.31. The summed E-state index contributed by atoms with van der Waals surface area (Å²) in [6.07, 6.45) is 1.77. The third-order valence-electron chi connectivity index (χ3n) is 6.94. The number of sulfone groups is 1. The van der Waals surface area contributed by atoms with Crippen LogP contribution in [-0.2, 0) is 15.4 Å². The quantitative estimate of drug-likeness (QED) is 0.216. The van der Waals surface area contributed by atoms with Gasteiger partial charge in [0.1, 0.15) is 0 Å². The van der Waals surface area contributed by atoms with Crippen LogP contribution in [0.1, 0.15) is 48.7 Å². The molecular formula is C34H32ClNO3S. The van der Waals surface area contributed by atoms with Crippen molar-refractivity contribution in [3.05, 3.63) is 142 Å². The fraction of sp³-hybridized carbons (Fsp3) is 0.176. The minimum Gasteiger partial charge on any atom is -0.375 e. The molecule has 0 unspecified atom stereocenters. The molecule has 40 heavy (non-hydrogen) atoms. The van der Waals surface area contributed by atoms with E-state index in [4.69, 9.17) is 11.6 Å². The first-order chi connectivity index (χ1) is 18.9. The monoisotopic (exact) mass is 569 g/mol. The molecule has 0 atom stereocenters. The lowest BCUT2D eigenvalue weighted by molar-refractivity contribution is 0.121. The molecule has 1 aromatic heterocycles. The summed E-state index contributed by atoms with van der Waals surface area (Å²) in [6, 6.07) is 30.7. The highest BCUT2D eigenvalue weighted by Crippen LogP contribution is 2.46. The Kier molecular flexibility index (Phi) is 7.26. The van der Waals surface area contributed by atoms with Crippen LogP contribution >= 0.6 is 11.6 Å². The van der Waals surface area contributed by atoms with Crippen LogP contribution in [0.4, 0.5) is 0 Å². The predicted molar refractivity (Wildman–Crippen MR) is 164 cm³/mol. The Labute approximate surface area is 240 Å². The zero-order valence-corrected chi connectivity index (χ0v) is 24.5. The summed E-state index contributed by atoms with van der Waals surface area (Å²) in [5, 5.41) is 13.9. The number of aliphatic hydroxyl groups is 1. The lowest BCUT2D eigenvalue weighted by Crippen LogP contribution is -2.31. The molecule has 0 aliphatic carbocycles. The third-order valence-corrected chi connectivity index (χ3v) is 8.97. The van der Waals surface area contributed by atoms with Crippen LogP contribution < -0.4 is 0 Å². The number of hydrogen-bond acceptors (Lipinski definition) is 3. The second-order valence-electron chi connectivity index (χ2n) is 11.2. The van der Waals surface area contributed by atoms with Gasteiger partial charge in [0.2, 0.25) is 9.84 Å². The van der Waals surface area contributed by atoms with Crippen LogP contribution in [0.3, 0.4) is 0 Å². The van der Waals surface area contributed by atoms with Gasteiger partial charge in [-0.25, -0.2) is 8.42 Å². The molecule has 5 rings (SSSR count). The second kappa shape index (κ2) is 10.4. The van der Waals surface area contributed by atoms with Crippen molar-refractivity contribution in [2.45, 2.75) is 38.2 Å². The summed E-state index contributed by atoms with van der Waals surface area (Å²) in [7, 11) is -4.04. The van der Waals surface area contributed by atoms with Gasteiger partial charge in [-0.05, 0) is 53.8 Å². The van der Waals surface area contributed by atoms with Gasteiger partial charge in [-0.15, -0.1) is 0 Å². The number of aromatic amines is 1. The summed E-state index contributed by atoms with van der Waals surface area (Å²) in [6.45, 7) is 7.79. The molecule has 1 heterocycles. The van der Waals surface area contributed by atoms with Crippen LogP contribution in [0.25, 0.3) is 15.8 Å². The fourth-order valence-electron chi connectivity index (χ4n) is 5.03. The lowest BCUT2D eigenvalue weighted by atomic mass is 9.81. The van der Waals surface area contributed by atoms with E-state index in [1.807, 2.05) is 94.4 Å². The molecule has 0 radical (unpaired) electrons. The highest BCUT2D eigenvalue weighted by Gasteiger charge is 2.41. The summed E-state index contributed by atoms with van der Waals surface area (Å²) >= 11 is 6.49. The topological polar surface area (TPSA) is 70.2 Å². The van der Waals surface area contributed by atoms with Crippen molar-refractivity contribution in [1.82, 2.24) is 4.98 Å². The number of allylic oxidation sites excluding steroid dienone is 1. The van der Waals surface area contributed by atoms with Crippen LogP contribution in [0, 0.1) is 12.3 Å². The van der Waals surface area contributed by atoms with Crippen LogP contribution in [0.5, 0.6) is 0 Å². The van der Waals surface area contributed by atoms with Gasteiger partial charge >= 0.3 is 0 Å². The van der Waals surface area contributed by atoms with Crippen molar-refractivity contribution in [2.75, 3.05) is 0 Å². The molecule has 0 saturated carbocycles. The highest BCUT2D eigenvalue weighted by atomic mass is 35.5. The molecule has 6 heteroatoms. The average Bonchev–Trinajstić information content (AvgIpc) is 3.30. The maximum Gasteiger partial charge on any atom is 0.206 e. The number of rotatable bonds is 6. The maximum absolute atomic E-state index is 14.5. The third kappa shape index (κ3) is 5.13. The summed E-state index contributed by atoms with van der Waals surface area (Å²) < 4.78 is 29.0. The van der Waals surface area contributed by atoms with E-state index in [-0.39, 0.29) is 9.80 Å². The number of H-pyrrole nitrogens is 1. The summed E-state index contributed by atoms with van der Waals surface area (Å²) in [5.74, 6) is 0. The van der Waals surface area contributed by atoms with E-state index in [1.165, 1.54) is 0 Å². The predicted octanol–water partition coefficient (Wildman–Crippen LogP) is 8.27. The van der Waals surface area contributed by atoms with Gasteiger partial charge in [-0.2, -0.15) is 0 Å². The molecule has 0 aliphatic rings. The van der Waals surface area contributed by atoms with Crippen LogP contribution in [0.2, 0.25) is 5.02 Å². The van der Waals surface area contributed by atoms with Gasteiger partial charge in [0.05, 0.1) is 15.5 Å². The van der Waals surface area contributed by atoms with Crippen molar-refractivity contribution < 1.29 is 13.5 Å². The van der Waals surface area contributed by atoms with Crippen molar-refractivity contribution in [3.8, 4) is 0 Å². The molecule has 0 aliphatic heterocycles. The number of fused-ring (bicyclic) bond motifs is 1. The molecule has 4 aromatic carbocycles. The molecule has 0 amide bonds. The smallest absolute Gasteiger partial charge is 0.206 e. The van der Waals surface area contributed by atoms with E-state index in [0.29, 0.717) is 38.3 Å². The molecule has 0 fully saturated rings. The van der Waals surface area contributed by atoms with Crippen molar-refractivity contribution >= 4 is 37.2 Å². The Morgan fingerprint density at radius 2 is 1.38 bits per heavy atom. The number of nitrogens with one attached hydrogen (secondary N) is 1. The molecule has 0 bridgehead atoms. The fourth-order valence-corrected chi connectivity index (χ4v) is 6.94. The summed E-state index contributed by atoms with van der Waals surface area (Å²) in [5.41, 5.74) is 1.36. The number of hydrogen-bond donors (Lipinski definition) is 2. The Morgan fingerprint density at radius 3 is 1.90 bits per heavy atom. The molecule has 4 nitrogen and oxygen atoms in total.